The maximum atomic E-state index is 12.6. The van der Waals surface area contributed by atoms with E-state index < -0.39 is 148 Å². The summed E-state index contributed by atoms with van der Waals surface area (Å²) in [4.78, 5) is 36.1. The molecule has 0 bridgehead atoms. The molecule has 22 heteroatoms. The summed E-state index contributed by atoms with van der Waals surface area (Å²) in [6, 6.07) is -1.56. The largest absolute Gasteiger partial charge is 0.477 e. The minimum atomic E-state index is -3.05. The molecule has 3 saturated heterocycles. The lowest BCUT2D eigenvalue weighted by Gasteiger charge is -2.50. The highest BCUT2D eigenvalue weighted by molar-refractivity contribution is 5.78. The number of amides is 2. The molecule has 0 saturated carbocycles. The van der Waals surface area contributed by atoms with E-state index in [1.54, 1.807) is 0 Å². The molecule has 22 nitrogen and oxygen atoms in total. The number of rotatable bonds is 13. The van der Waals surface area contributed by atoms with Crippen LogP contribution in [-0.2, 0) is 38.1 Å². The first-order valence-electron chi connectivity index (χ1n) is 14.5. The van der Waals surface area contributed by atoms with Crippen molar-refractivity contribution in [1.82, 2.24) is 10.6 Å². The van der Waals surface area contributed by atoms with Crippen LogP contribution in [0.4, 0.5) is 0 Å². The fourth-order valence-corrected chi connectivity index (χ4v) is 5.52. The zero-order chi connectivity index (χ0) is 35.4. The number of hydrogen-bond donors (Lipinski definition) is 14. The van der Waals surface area contributed by atoms with Crippen LogP contribution in [0.2, 0.25) is 0 Å². The molecule has 0 spiro atoms. The van der Waals surface area contributed by atoms with E-state index in [1.165, 1.54) is 0 Å². The molecule has 272 valence electrons. The first-order chi connectivity index (χ1) is 22.0. The third kappa shape index (κ3) is 8.50. The molecule has 15 N–H and O–H groups in total. The number of carboxylic acid groups (broad SMARTS) is 1. The first-order valence-corrected chi connectivity index (χ1v) is 14.5. The fraction of sp³-hybridized carbons (Fsp3) is 0.880. The molecule has 3 heterocycles. The highest BCUT2D eigenvalue weighted by atomic mass is 16.8. The van der Waals surface area contributed by atoms with Crippen LogP contribution < -0.4 is 16.4 Å². The van der Waals surface area contributed by atoms with E-state index in [0.717, 1.165) is 6.92 Å². The number of nitrogens with two attached hydrogens (primary N) is 1. The van der Waals surface area contributed by atoms with E-state index >= 15 is 0 Å². The van der Waals surface area contributed by atoms with E-state index in [9.17, 15) is 70.6 Å². The second-order valence-corrected chi connectivity index (χ2v) is 11.3. The lowest BCUT2D eigenvalue weighted by molar-refractivity contribution is -0.381. The van der Waals surface area contributed by atoms with Gasteiger partial charge in [0.15, 0.2) is 12.5 Å². The van der Waals surface area contributed by atoms with Gasteiger partial charge in [0.2, 0.25) is 11.8 Å². The Hall–Kier alpha value is -2.23. The Balaban J connectivity index is 1.92. The Morgan fingerprint density at radius 1 is 0.915 bits per heavy atom. The molecule has 7 unspecified atom stereocenters. The summed E-state index contributed by atoms with van der Waals surface area (Å²) < 4.78 is 27.5. The van der Waals surface area contributed by atoms with Gasteiger partial charge in [0.05, 0.1) is 38.5 Å². The van der Waals surface area contributed by atoms with Crippen molar-refractivity contribution in [2.24, 2.45) is 5.73 Å². The molecule has 47 heavy (non-hydrogen) atoms. The highest BCUT2D eigenvalue weighted by Crippen LogP contribution is 2.38. The molecule has 0 aromatic rings. The maximum absolute atomic E-state index is 12.6. The van der Waals surface area contributed by atoms with Gasteiger partial charge in [-0.05, 0) is 0 Å². The third-order valence-corrected chi connectivity index (χ3v) is 7.98. The maximum Gasteiger partial charge on any atom is 0.364 e. The average Bonchev–Trinajstić information content (AvgIpc) is 3.03. The molecule has 3 aliphatic rings. The van der Waals surface area contributed by atoms with Crippen molar-refractivity contribution < 1.29 is 94.2 Å². The van der Waals surface area contributed by atoms with E-state index in [1.807, 2.05) is 0 Å². The molecule has 0 aromatic heterocycles. The standard InChI is InChI=1S/C25H43N3O19/c1-7(32)27-13-8(33)2-25(24(41)42,46-20(13)14(36)9(34)4-29)47-21-15(37)10(5-30)44-23(18(21)40)45-19-11(6-31)43-22(17(39)16(19)38)28-12(35)3-26/h8-11,13-23,29-31,33-34,36-40H,2-6,26H2,1H3,(H,27,32)(H,28,35)(H,41,42)/t8?,9-,10?,11?,13-,14-,15+,16-,17?,18?,19-,20?,21+,22?,23+,25+/m1/s1. The second-order valence-electron chi connectivity index (χ2n) is 11.3. The third-order valence-electron chi connectivity index (χ3n) is 7.98. The molecule has 0 aliphatic carbocycles. The lowest BCUT2D eigenvalue weighted by Crippen LogP contribution is -2.71. The number of aliphatic hydroxyl groups excluding tert-OH is 10. The molecule has 0 aromatic carbocycles. The van der Waals surface area contributed by atoms with Gasteiger partial charge in [-0.2, -0.15) is 0 Å². The summed E-state index contributed by atoms with van der Waals surface area (Å²) in [5.74, 6) is -6.57. The number of aliphatic hydroxyl groups is 10. The number of aliphatic carboxylic acids is 1. The van der Waals surface area contributed by atoms with Crippen molar-refractivity contribution in [1.29, 1.82) is 0 Å². The number of carboxylic acids is 1. The van der Waals surface area contributed by atoms with Crippen LogP contribution in [0, 0.1) is 0 Å². The van der Waals surface area contributed by atoms with Crippen LogP contribution in [0.15, 0.2) is 0 Å². The number of ether oxygens (including phenoxy) is 5. The molecule has 2 amide bonds. The molecule has 16 atom stereocenters. The van der Waals surface area contributed by atoms with Gasteiger partial charge in [0, 0.05) is 13.3 Å². The molecule has 3 rings (SSSR count). The zero-order valence-electron chi connectivity index (χ0n) is 25.0. The van der Waals surface area contributed by atoms with Gasteiger partial charge in [-0.1, -0.05) is 0 Å². The Morgan fingerprint density at radius 3 is 2.09 bits per heavy atom. The average molecular weight is 690 g/mol. The molecule has 3 aliphatic heterocycles. The summed E-state index contributed by atoms with van der Waals surface area (Å²) in [5.41, 5.74) is 5.23. The number of carbonyl (C=O) groups is 3. The zero-order valence-corrected chi connectivity index (χ0v) is 25.0. The van der Waals surface area contributed by atoms with Crippen molar-refractivity contribution >= 4 is 17.8 Å². The van der Waals surface area contributed by atoms with Gasteiger partial charge in [-0.25, -0.2) is 4.79 Å². The smallest absolute Gasteiger partial charge is 0.364 e. The van der Waals surface area contributed by atoms with E-state index in [2.05, 4.69) is 10.6 Å². The Morgan fingerprint density at radius 2 is 1.55 bits per heavy atom. The minimum Gasteiger partial charge on any atom is -0.477 e. The van der Waals surface area contributed by atoms with Gasteiger partial charge in [0.25, 0.3) is 5.79 Å². The first kappa shape index (κ1) is 39.2. The molecular weight excluding hydrogens is 646 g/mol. The highest BCUT2D eigenvalue weighted by Gasteiger charge is 2.60. The van der Waals surface area contributed by atoms with E-state index in [0.29, 0.717) is 0 Å². The summed E-state index contributed by atoms with van der Waals surface area (Å²) >= 11 is 0. The van der Waals surface area contributed by atoms with Gasteiger partial charge >= 0.3 is 5.97 Å². The monoisotopic (exact) mass is 689 g/mol. The van der Waals surface area contributed by atoms with Crippen LogP contribution in [0.25, 0.3) is 0 Å². The van der Waals surface area contributed by atoms with Gasteiger partial charge in [-0.3, -0.25) is 9.59 Å². The molecular formula is C25H43N3O19. The number of nitrogens with one attached hydrogen (secondary N) is 2. The van der Waals surface area contributed by atoms with Crippen molar-refractivity contribution in [2.75, 3.05) is 26.4 Å². The van der Waals surface area contributed by atoms with Crippen LogP contribution in [-0.4, -0.2) is 198 Å². The summed E-state index contributed by atoms with van der Waals surface area (Å²) in [5, 5.41) is 119. The predicted molar refractivity (Wildman–Crippen MR) is 145 cm³/mol. The Bertz CT molecular complexity index is 1070. The normalized spacial score (nSPS) is 42.3. The van der Waals surface area contributed by atoms with Gasteiger partial charge in [-0.15, -0.1) is 0 Å². The van der Waals surface area contributed by atoms with E-state index in [4.69, 9.17) is 29.4 Å². The Labute approximate surface area is 266 Å². The number of carbonyl (C=O) groups excluding carboxylic acids is 2. The fourth-order valence-electron chi connectivity index (χ4n) is 5.52. The van der Waals surface area contributed by atoms with Crippen LogP contribution in [0.5, 0.6) is 0 Å². The topological polar surface area (TPSA) is 370 Å². The van der Waals surface area contributed by atoms with E-state index in [-0.39, 0.29) is 0 Å². The van der Waals surface area contributed by atoms with Crippen molar-refractivity contribution in [3.05, 3.63) is 0 Å². The van der Waals surface area contributed by atoms with Crippen LogP contribution >= 0.6 is 0 Å². The van der Waals surface area contributed by atoms with Gasteiger partial charge in [0.1, 0.15) is 67.1 Å². The van der Waals surface area contributed by atoms with Crippen LogP contribution in [0.1, 0.15) is 13.3 Å². The van der Waals surface area contributed by atoms with Crippen molar-refractivity contribution in [3.63, 3.8) is 0 Å². The lowest BCUT2D eigenvalue weighted by atomic mass is 9.88. The summed E-state index contributed by atoms with van der Waals surface area (Å²) in [6.07, 6.45) is -27.7. The quantitative estimate of drug-likeness (QED) is 0.0853. The predicted octanol–water partition coefficient (Wildman–Crippen LogP) is -9.14. The summed E-state index contributed by atoms with van der Waals surface area (Å²) in [6.45, 7) is -2.41. The van der Waals surface area contributed by atoms with Gasteiger partial charge < -0.3 is 96.2 Å². The van der Waals surface area contributed by atoms with Crippen LogP contribution in [0.3, 0.4) is 0 Å². The second kappa shape index (κ2) is 16.4. The van der Waals surface area contributed by atoms with Crippen molar-refractivity contribution in [2.45, 2.75) is 111 Å². The Kier molecular flexibility index (Phi) is 13.7. The molecule has 3 fully saturated rings. The summed E-state index contributed by atoms with van der Waals surface area (Å²) in [7, 11) is 0. The molecule has 0 radical (unpaired) electrons. The number of hydrogen-bond acceptors (Lipinski definition) is 19. The minimum absolute atomic E-state index is 0.505. The SMILES string of the molecule is CC(=O)N[C@@H]1C(O)C[C@](O[C@@H]2C(O)[C@H](O[C@@H]3C(CO)OC(NC(=O)CN)C(O)[C@H]3O)OC(CO)[C@@H]2O)(C(=O)O)OC1[C@H](O)[C@H](O)CO. The van der Waals surface area contributed by atoms with Crippen molar-refractivity contribution in [3.8, 4) is 0 Å².